The molecule has 41 heavy (non-hydrogen) atoms. The summed E-state index contributed by atoms with van der Waals surface area (Å²) in [5.41, 5.74) is 0.790. The molecule has 4 aromatic rings. The molecular formula is C33H35N3O5. The average molecular weight is 554 g/mol. The Morgan fingerprint density at radius 1 is 0.878 bits per heavy atom. The van der Waals surface area contributed by atoms with Crippen molar-refractivity contribution in [3.63, 3.8) is 0 Å². The number of hydrogen-bond donors (Lipinski definition) is 2. The molecule has 2 aliphatic heterocycles. The van der Waals surface area contributed by atoms with Crippen molar-refractivity contribution in [3.05, 3.63) is 135 Å². The molecule has 8 heteroatoms. The molecule has 2 saturated heterocycles. The number of benzene rings is 3. The van der Waals surface area contributed by atoms with E-state index < -0.39 is 35.1 Å². The first-order valence-corrected chi connectivity index (χ1v) is 14.2. The van der Waals surface area contributed by atoms with Crippen LogP contribution in [0, 0.1) is 0 Å². The maximum Gasteiger partial charge on any atom is 0.330 e. The van der Waals surface area contributed by atoms with Crippen LogP contribution in [0.5, 0.6) is 5.75 Å². The largest absolute Gasteiger partial charge is 0.497 e. The first-order valence-electron chi connectivity index (χ1n) is 14.2. The fraction of sp³-hybridized carbons (Fsp3) is 0.333. The summed E-state index contributed by atoms with van der Waals surface area (Å²) in [7, 11) is 1.63. The summed E-state index contributed by atoms with van der Waals surface area (Å²) in [6.45, 7) is 1.79. The normalized spacial score (nSPS) is 22.0. The van der Waals surface area contributed by atoms with Gasteiger partial charge in [0.05, 0.1) is 30.8 Å². The van der Waals surface area contributed by atoms with Crippen molar-refractivity contribution in [2.75, 3.05) is 20.2 Å². The van der Waals surface area contributed by atoms with Gasteiger partial charge in [0.25, 0.3) is 5.56 Å². The molecule has 1 aromatic heterocycles. The summed E-state index contributed by atoms with van der Waals surface area (Å²) in [6, 6.07) is 29.0. The van der Waals surface area contributed by atoms with E-state index in [0.717, 1.165) is 48.4 Å². The minimum absolute atomic E-state index is 0.138. The predicted octanol–water partition coefficient (Wildman–Crippen LogP) is 3.69. The Morgan fingerprint density at radius 3 is 2.02 bits per heavy atom. The van der Waals surface area contributed by atoms with Gasteiger partial charge in [-0.1, -0.05) is 72.8 Å². The van der Waals surface area contributed by atoms with Crippen molar-refractivity contribution in [1.29, 1.82) is 0 Å². The molecule has 3 heterocycles. The number of nitrogens with zero attached hydrogens (tertiary/aromatic N) is 2. The third-order valence-electron chi connectivity index (χ3n) is 8.65. The number of rotatable bonds is 8. The monoisotopic (exact) mass is 553 g/mol. The molecule has 0 amide bonds. The SMILES string of the molecule is COc1ccc(C(c2ccccc2)(c2ccccc2)C(O)[C@@H]2CC(N3CCCC3)[C@H](n3ccc(=O)[nH]c3=O)O2)cc1. The fourth-order valence-corrected chi connectivity index (χ4v) is 6.71. The summed E-state index contributed by atoms with van der Waals surface area (Å²) < 4.78 is 13.6. The Hall–Kier alpha value is -3.98. The lowest BCUT2D eigenvalue weighted by Crippen LogP contribution is -2.48. The lowest BCUT2D eigenvalue weighted by atomic mass is 9.64. The van der Waals surface area contributed by atoms with Gasteiger partial charge in [0.2, 0.25) is 0 Å². The molecular weight excluding hydrogens is 518 g/mol. The fourth-order valence-electron chi connectivity index (χ4n) is 6.71. The Balaban J connectivity index is 1.50. The van der Waals surface area contributed by atoms with Crippen molar-refractivity contribution in [2.45, 2.75) is 49.2 Å². The van der Waals surface area contributed by atoms with E-state index in [2.05, 4.69) is 9.88 Å². The predicted molar refractivity (Wildman–Crippen MR) is 156 cm³/mol. The molecule has 0 saturated carbocycles. The van der Waals surface area contributed by atoms with Gasteiger partial charge in [0.15, 0.2) is 6.23 Å². The average Bonchev–Trinajstić information content (AvgIpc) is 3.70. The van der Waals surface area contributed by atoms with E-state index in [1.807, 2.05) is 84.9 Å². The number of aliphatic hydroxyl groups excluding tert-OH is 1. The molecule has 2 unspecified atom stereocenters. The van der Waals surface area contributed by atoms with E-state index in [4.69, 9.17) is 9.47 Å². The van der Waals surface area contributed by atoms with E-state index >= 15 is 0 Å². The van der Waals surface area contributed by atoms with Gasteiger partial charge in [-0.2, -0.15) is 0 Å². The van der Waals surface area contributed by atoms with Crippen LogP contribution in [0.25, 0.3) is 0 Å². The second-order valence-corrected chi connectivity index (χ2v) is 10.8. The molecule has 0 bridgehead atoms. The van der Waals surface area contributed by atoms with Crippen molar-refractivity contribution in [2.24, 2.45) is 0 Å². The number of likely N-dealkylation sites (tertiary alicyclic amines) is 1. The first-order chi connectivity index (χ1) is 20.0. The number of hydrogen-bond acceptors (Lipinski definition) is 6. The molecule has 3 aromatic carbocycles. The highest BCUT2D eigenvalue weighted by molar-refractivity contribution is 5.53. The van der Waals surface area contributed by atoms with Gasteiger partial charge in [-0.05, 0) is 61.2 Å². The summed E-state index contributed by atoms with van der Waals surface area (Å²) in [4.78, 5) is 29.5. The smallest absolute Gasteiger partial charge is 0.330 e. The van der Waals surface area contributed by atoms with Crippen LogP contribution in [0.2, 0.25) is 0 Å². The molecule has 2 fully saturated rings. The minimum atomic E-state index is -1.02. The topological polar surface area (TPSA) is 96.8 Å². The Kier molecular flexibility index (Phi) is 7.62. The molecule has 0 aliphatic carbocycles. The molecule has 0 spiro atoms. The van der Waals surface area contributed by atoms with Crippen LogP contribution < -0.4 is 16.0 Å². The third kappa shape index (κ3) is 4.92. The summed E-state index contributed by atoms with van der Waals surface area (Å²) >= 11 is 0. The van der Waals surface area contributed by atoms with E-state index in [9.17, 15) is 14.7 Å². The van der Waals surface area contributed by atoms with Crippen molar-refractivity contribution in [1.82, 2.24) is 14.5 Å². The number of methoxy groups -OCH3 is 1. The van der Waals surface area contributed by atoms with E-state index in [-0.39, 0.29) is 6.04 Å². The number of aromatic amines is 1. The lowest BCUT2D eigenvalue weighted by Gasteiger charge is -2.42. The van der Waals surface area contributed by atoms with Gasteiger partial charge in [-0.15, -0.1) is 0 Å². The van der Waals surface area contributed by atoms with Crippen LogP contribution in [-0.4, -0.2) is 58.0 Å². The zero-order valence-corrected chi connectivity index (χ0v) is 23.1. The first kappa shape index (κ1) is 27.2. The number of nitrogens with one attached hydrogen (secondary N) is 1. The lowest BCUT2D eigenvalue weighted by molar-refractivity contribution is -0.0831. The second-order valence-electron chi connectivity index (χ2n) is 10.8. The summed E-state index contributed by atoms with van der Waals surface area (Å²) in [6.07, 6.45) is 1.86. The molecule has 2 aliphatic rings. The number of H-pyrrole nitrogens is 1. The van der Waals surface area contributed by atoms with Crippen LogP contribution in [-0.2, 0) is 10.2 Å². The number of aliphatic hydroxyl groups is 1. The standard InChI is InChI=1S/C33H35N3O5/c1-40-26-16-14-25(15-17-26)33(23-10-4-2-5-11-23,24-12-6-3-7-13-24)30(38)28-22-27(35-19-8-9-20-35)31(41-28)36-21-18-29(37)34-32(36)39/h2-7,10-18,21,27-28,30-31,38H,8-9,19-20,22H2,1H3,(H,34,37,39)/t27?,28-,30?,31+/m0/s1. The minimum Gasteiger partial charge on any atom is -0.497 e. The van der Waals surface area contributed by atoms with Crippen molar-refractivity contribution >= 4 is 0 Å². The van der Waals surface area contributed by atoms with Crippen LogP contribution in [0.1, 0.15) is 42.2 Å². The van der Waals surface area contributed by atoms with Crippen LogP contribution >= 0.6 is 0 Å². The molecule has 2 N–H and O–H groups in total. The van der Waals surface area contributed by atoms with E-state index in [1.165, 1.54) is 16.8 Å². The summed E-state index contributed by atoms with van der Waals surface area (Å²) in [5, 5.41) is 12.7. The molecule has 0 radical (unpaired) electrons. The number of ether oxygens (including phenoxy) is 2. The highest BCUT2D eigenvalue weighted by atomic mass is 16.5. The maximum absolute atomic E-state index is 12.9. The van der Waals surface area contributed by atoms with Crippen LogP contribution in [0.4, 0.5) is 0 Å². The van der Waals surface area contributed by atoms with Crippen LogP contribution in [0.3, 0.4) is 0 Å². The molecule has 6 rings (SSSR count). The highest BCUT2D eigenvalue weighted by Crippen LogP contribution is 2.47. The molecule has 8 nitrogen and oxygen atoms in total. The zero-order valence-electron chi connectivity index (χ0n) is 23.1. The van der Waals surface area contributed by atoms with Gasteiger partial charge < -0.3 is 14.6 Å². The van der Waals surface area contributed by atoms with E-state index in [1.54, 1.807) is 7.11 Å². The van der Waals surface area contributed by atoms with Crippen molar-refractivity contribution in [3.8, 4) is 5.75 Å². The van der Waals surface area contributed by atoms with Gasteiger partial charge in [-0.25, -0.2) is 4.79 Å². The second kappa shape index (κ2) is 11.5. The van der Waals surface area contributed by atoms with Crippen LogP contribution in [0.15, 0.2) is 107 Å². The quantitative estimate of drug-likeness (QED) is 0.323. The maximum atomic E-state index is 12.9. The van der Waals surface area contributed by atoms with Crippen molar-refractivity contribution < 1.29 is 14.6 Å². The molecule has 4 atom stereocenters. The Labute approximate surface area is 238 Å². The summed E-state index contributed by atoms with van der Waals surface area (Å²) in [5.74, 6) is 0.724. The van der Waals surface area contributed by atoms with Gasteiger partial charge in [0.1, 0.15) is 5.75 Å². The van der Waals surface area contributed by atoms with Gasteiger partial charge in [-0.3, -0.25) is 19.2 Å². The highest BCUT2D eigenvalue weighted by Gasteiger charge is 2.52. The zero-order chi connectivity index (χ0) is 28.4. The number of aromatic nitrogens is 2. The Morgan fingerprint density at radius 2 is 1.46 bits per heavy atom. The Bertz CT molecular complexity index is 1520. The van der Waals surface area contributed by atoms with Gasteiger partial charge >= 0.3 is 5.69 Å². The van der Waals surface area contributed by atoms with E-state index in [0.29, 0.717) is 6.42 Å². The molecule has 212 valence electrons. The van der Waals surface area contributed by atoms with Gasteiger partial charge in [0, 0.05) is 12.3 Å². The third-order valence-corrected chi connectivity index (χ3v) is 8.65.